The lowest BCUT2D eigenvalue weighted by Crippen LogP contribution is -2.61. The van der Waals surface area contributed by atoms with Gasteiger partial charge < -0.3 is 23.2 Å². The molecule has 6 heteroatoms. The Hall–Kier alpha value is -15.8. The molecule has 0 atom stereocenters. The molecule has 0 bridgehead atoms. The SMILES string of the molecule is [2H]c1c([2H])c([2H])c2c(c1[2H])c1c([2H])c([2H])c([2H])c([2H])c1n2-c1ccc2c(c1)N(c1c(-c3ccccc3)cc(-c3ccc(C(C)(C)C)cc3)cc1-c1ccccc1)c1cc(-c3ccc4c(c3)c3cccc5c6ccccc6n4c53)cc3c1B2c1ccc(-c2cc4c5ccccc5n5c6ccccc6c(c2)c45)cc1N3c1c(-c2ccccc2)cc(-c2ccc(C(C)(C)C)cc2)cc1-c1ccccc1. The van der Waals surface area contributed by atoms with Crippen LogP contribution < -0.4 is 26.2 Å². The third kappa shape index (κ3) is 11.1. The number of anilines is 6. The largest absolute Gasteiger partial charge is 0.310 e. The minimum atomic E-state index is -0.601. The highest BCUT2D eigenvalue weighted by Crippen LogP contribution is 2.57. The molecule has 5 aromatic heterocycles. The van der Waals surface area contributed by atoms with Crippen LogP contribution in [0.25, 0.3) is 193 Å². The highest BCUT2D eigenvalue weighted by atomic mass is 15.2. The van der Waals surface area contributed by atoms with E-state index in [4.69, 9.17) is 0 Å². The van der Waals surface area contributed by atoms with Gasteiger partial charge in [0.05, 0.1) is 66.5 Å². The number of aromatic nitrogens is 3. The molecule has 0 saturated carbocycles. The number of hydrogen-bond donors (Lipinski definition) is 0. The van der Waals surface area contributed by atoms with E-state index in [-0.39, 0.29) is 44.7 Å². The molecule has 0 aliphatic carbocycles. The molecule has 0 spiro atoms. The van der Waals surface area contributed by atoms with Gasteiger partial charge >= 0.3 is 0 Å². The number of fused-ring (bicyclic) bond motifs is 19. The first-order chi connectivity index (χ1) is 66.1. The normalized spacial score (nSPS) is 13.8. The molecule has 24 aromatic rings. The third-order valence-corrected chi connectivity index (χ3v) is 27.6. The number of rotatable bonds is 11. The third-order valence-electron chi connectivity index (χ3n) is 27.6. The van der Waals surface area contributed by atoms with Crippen molar-refractivity contribution in [3.63, 3.8) is 0 Å². The Balaban J connectivity index is 0.857. The summed E-state index contributed by atoms with van der Waals surface area (Å²) >= 11 is 0. The van der Waals surface area contributed by atoms with Crippen molar-refractivity contribution in [1.29, 1.82) is 0 Å². The average molecular weight is 1640 g/mol. The van der Waals surface area contributed by atoms with Crippen molar-refractivity contribution in [2.45, 2.75) is 52.4 Å². The molecule has 0 N–H and O–H groups in total. The van der Waals surface area contributed by atoms with Crippen LogP contribution in [0, 0.1) is 0 Å². The molecule has 0 fully saturated rings. The molecule has 2 aliphatic heterocycles. The molecule has 602 valence electrons. The van der Waals surface area contributed by atoms with Gasteiger partial charge in [-0.25, -0.2) is 0 Å². The van der Waals surface area contributed by atoms with E-state index in [1.54, 1.807) is 4.57 Å². The van der Waals surface area contributed by atoms with Crippen LogP contribution in [0.3, 0.4) is 0 Å². The van der Waals surface area contributed by atoms with Crippen LogP contribution in [0.15, 0.2) is 412 Å². The smallest absolute Gasteiger partial charge is 0.252 e. The molecule has 0 saturated heterocycles. The molecular weight excluding hydrogens is 1550 g/mol. The molecule has 7 heterocycles. The van der Waals surface area contributed by atoms with Gasteiger partial charge in [0, 0.05) is 105 Å². The van der Waals surface area contributed by atoms with Crippen LogP contribution in [-0.2, 0) is 10.8 Å². The topological polar surface area (TPSA) is 20.2 Å². The summed E-state index contributed by atoms with van der Waals surface area (Å²) < 4.78 is 84.2. The maximum absolute atomic E-state index is 10.1. The standard InChI is InChI=1S/C122H86BN5/c1-121(2,3)87-56-50-75(51-57-87)83-65-97(77-30-11-7-12-31-77)118(98(66-83)78-32-13-8-14-33-78)127-112-71-82(85-69-102-93-41-22-27-48-109(93)125-110-49-28-23-42-94(110)103(70-85)120(102)125)54-61-104(112)123-105-62-60-89(124-106-45-24-19-38-90(106)91-39-20-25-46-107(91)124)74-113(105)128(119-99(79-34-15-9-16-35-79)67-84(68-100(119)80-36-17-10-18-37-80)76-52-58-88(59-53-76)122(4,5)6)115-73-86(72-114(127)116(115)123)81-55-63-111-101(64-81)96-44-29-43-95-92-40-21-26-47-108(92)126(111)117(95)96/h7-74H,1-6H3/i19D,20D,24D,25D,38D,39D,45D,46D. The predicted octanol–water partition coefficient (Wildman–Crippen LogP) is 31.1. The van der Waals surface area contributed by atoms with Gasteiger partial charge in [-0.05, 0) is 214 Å². The van der Waals surface area contributed by atoms with E-state index in [1.165, 1.54) is 43.7 Å². The molecule has 19 aromatic carbocycles. The second-order valence-corrected chi connectivity index (χ2v) is 36.9. The monoisotopic (exact) mass is 1640 g/mol. The number of hydrogen-bond acceptors (Lipinski definition) is 2. The van der Waals surface area contributed by atoms with Gasteiger partial charge in [0.1, 0.15) is 0 Å². The van der Waals surface area contributed by atoms with Crippen molar-refractivity contribution < 1.29 is 11.0 Å². The molecule has 5 nitrogen and oxygen atoms in total. The Morgan fingerprint density at radius 1 is 0.234 bits per heavy atom. The Labute approximate surface area is 755 Å². The second-order valence-electron chi connectivity index (χ2n) is 36.9. The minimum absolute atomic E-state index is 0.00580. The zero-order valence-corrected chi connectivity index (χ0v) is 71.5. The number of para-hydroxylation sites is 6. The summed E-state index contributed by atoms with van der Waals surface area (Å²) in [6.07, 6.45) is 0. The molecule has 0 radical (unpaired) electrons. The fraction of sp³-hybridized carbons (Fsp3) is 0.0656. The predicted molar refractivity (Wildman–Crippen MR) is 545 cm³/mol. The summed E-state index contributed by atoms with van der Waals surface area (Å²) in [6, 6.07) is 131. The summed E-state index contributed by atoms with van der Waals surface area (Å²) in [5.41, 5.74) is 33.6. The van der Waals surface area contributed by atoms with Crippen LogP contribution in [0.1, 0.15) is 63.6 Å². The molecule has 2 aliphatic rings. The highest BCUT2D eigenvalue weighted by molar-refractivity contribution is 7.00. The molecular formula is C122H86BN5. The maximum atomic E-state index is 10.1. The van der Waals surface area contributed by atoms with Gasteiger partial charge in [0.2, 0.25) is 0 Å². The summed E-state index contributed by atoms with van der Waals surface area (Å²) in [7, 11) is 0. The van der Waals surface area contributed by atoms with E-state index in [1.807, 2.05) is 6.07 Å². The summed E-state index contributed by atoms with van der Waals surface area (Å²) in [6.45, 7) is 13.0. The summed E-state index contributed by atoms with van der Waals surface area (Å²) in [5.74, 6) is 0. The Morgan fingerprint density at radius 2 is 0.570 bits per heavy atom. The van der Waals surface area contributed by atoms with Crippen molar-refractivity contribution in [2.24, 2.45) is 0 Å². The van der Waals surface area contributed by atoms with Crippen LogP contribution in [0.2, 0.25) is 0 Å². The lowest BCUT2D eigenvalue weighted by molar-refractivity contribution is 0.590. The average Bonchev–Trinajstić information content (AvgIpc) is 1.46. The van der Waals surface area contributed by atoms with Crippen molar-refractivity contribution in [3.05, 3.63) is 423 Å². The highest BCUT2D eigenvalue weighted by Gasteiger charge is 2.46. The Kier molecular flexibility index (Phi) is 14.3. The van der Waals surface area contributed by atoms with Gasteiger partial charge in [-0.3, -0.25) is 0 Å². The van der Waals surface area contributed by atoms with Gasteiger partial charge in [0.15, 0.2) is 0 Å². The van der Waals surface area contributed by atoms with Crippen LogP contribution in [-0.4, -0.2) is 20.1 Å². The molecule has 0 amide bonds. The van der Waals surface area contributed by atoms with Crippen molar-refractivity contribution in [3.8, 4) is 94.7 Å². The van der Waals surface area contributed by atoms with E-state index in [0.29, 0.717) is 5.69 Å². The van der Waals surface area contributed by atoms with Gasteiger partial charge in [-0.15, -0.1) is 0 Å². The van der Waals surface area contributed by atoms with Crippen molar-refractivity contribution >= 4 is 155 Å². The van der Waals surface area contributed by atoms with E-state index in [0.717, 1.165) is 183 Å². The number of benzene rings is 19. The maximum Gasteiger partial charge on any atom is 0.252 e. The first-order valence-electron chi connectivity index (χ1n) is 48.3. The quantitative estimate of drug-likeness (QED) is 0.120. The lowest BCUT2D eigenvalue weighted by atomic mass is 9.33. The van der Waals surface area contributed by atoms with Crippen molar-refractivity contribution in [2.75, 3.05) is 9.80 Å². The summed E-state index contributed by atoms with van der Waals surface area (Å²) in [4.78, 5) is 5.13. The number of nitrogens with zero attached hydrogens (tertiary/aromatic N) is 5. The van der Waals surface area contributed by atoms with E-state index < -0.39 is 43.0 Å². The van der Waals surface area contributed by atoms with Gasteiger partial charge in [-0.1, -0.05) is 345 Å². The summed E-state index contributed by atoms with van der Waals surface area (Å²) in [5, 5.41) is 9.27. The van der Waals surface area contributed by atoms with Crippen LogP contribution >= 0.6 is 0 Å². The first-order valence-corrected chi connectivity index (χ1v) is 44.3. The van der Waals surface area contributed by atoms with Crippen LogP contribution in [0.5, 0.6) is 0 Å². The zero-order valence-electron chi connectivity index (χ0n) is 79.5. The van der Waals surface area contributed by atoms with Crippen molar-refractivity contribution in [1.82, 2.24) is 13.4 Å². The van der Waals surface area contributed by atoms with Crippen LogP contribution in [0.4, 0.5) is 34.1 Å². The van der Waals surface area contributed by atoms with Gasteiger partial charge in [-0.2, -0.15) is 0 Å². The molecule has 128 heavy (non-hydrogen) atoms. The Bertz CT molecular complexity index is 8930. The minimum Gasteiger partial charge on any atom is -0.310 e. The fourth-order valence-corrected chi connectivity index (χ4v) is 21.6. The Morgan fingerprint density at radius 3 is 1.03 bits per heavy atom. The molecule has 0 unspecified atom stereocenters. The lowest BCUT2D eigenvalue weighted by Gasteiger charge is -2.46. The zero-order chi connectivity index (χ0) is 92.1. The van der Waals surface area contributed by atoms with E-state index >= 15 is 0 Å². The fourth-order valence-electron chi connectivity index (χ4n) is 21.6. The second kappa shape index (κ2) is 27.9. The van der Waals surface area contributed by atoms with E-state index in [9.17, 15) is 11.0 Å². The van der Waals surface area contributed by atoms with Gasteiger partial charge in [0.25, 0.3) is 6.71 Å². The molecule has 26 rings (SSSR count). The van der Waals surface area contributed by atoms with E-state index in [2.05, 4.69) is 418 Å². The first kappa shape index (κ1) is 65.8.